The van der Waals surface area contributed by atoms with Gasteiger partial charge >= 0.3 is 6.09 Å². The second-order valence-electron chi connectivity index (χ2n) is 6.20. The molecule has 3 heterocycles. The summed E-state index contributed by atoms with van der Waals surface area (Å²) < 4.78 is 10.3. The largest absolute Gasteiger partial charge is 0.497 e. The molecule has 2 aromatic carbocycles. The van der Waals surface area contributed by atoms with Crippen LogP contribution in [0.15, 0.2) is 42.5 Å². The van der Waals surface area contributed by atoms with Gasteiger partial charge in [0.1, 0.15) is 18.1 Å². The van der Waals surface area contributed by atoms with Gasteiger partial charge in [0.05, 0.1) is 24.9 Å². The van der Waals surface area contributed by atoms with Gasteiger partial charge < -0.3 is 14.5 Å². The summed E-state index contributed by atoms with van der Waals surface area (Å²) in [5.41, 5.74) is 4.44. The van der Waals surface area contributed by atoms with Gasteiger partial charge in [-0.2, -0.15) is 5.10 Å². The fourth-order valence-corrected chi connectivity index (χ4v) is 3.37. The van der Waals surface area contributed by atoms with Gasteiger partial charge in [0.25, 0.3) is 0 Å². The van der Waals surface area contributed by atoms with Crippen LogP contribution in [-0.4, -0.2) is 41.5 Å². The Bertz CT molecular complexity index is 1140. The standard InChI is InChI=1S/C19H16N4O3/c1-25-13-3-5-15-11(8-13)9-17(20-15)18-14-10-12(2-4-16(14)21-22-18)23-6-7-26-19(23)24/h2-5,8-10,20H,6-7H2,1H3,(H,21,22). The molecule has 1 saturated heterocycles. The summed E-state index contributed by atoms with van der Waals surface area (Å²) in [7, 11) is 1.65. The van der Waals surface area contributed by atoms with Gasteiger partial charge in [-0.15, -0.1) is 0 Å². The number of carbonyl (C=O) groups is 1. The number of fused-ring (bicyclic) bond motifs is 2. The SMILES string of the molecule is COc1ccc2[nH]c(-c3n[nH]c4ccc(N5CCOC5=O)cc34)cc2c1. The molecule has 0 saturated carbocycles. The first-order valence-corrected chi connectivity index (χ1v) is 8.32. The van der Waals surface area contributed by atoms with E-state index in [0.717, 1.165) is 44.6 Å². The second-order valence-corrected chi connectivity index (χ2v) is 6.20. The second kappa shape index (κ2) is 5.52. The maximum Gasteiger partial charge on any atom is 0.414 e. The van der Waals surface area contributed by atoms with Gasteiger partial charge in [-0.1, -0.05) is 0 Å². The molecule has 0 aliphatic carbocycles. The average molecular weight is 348 g/mol. The van der Waals surface area contributed by atoms with Gasteiger partial charge in [0, 0.05) is 22.0 Å². The zero-order chi connectivity index (χ0) is 17.7. The molecule has 1 amide bonds. The third kappa shape index (κ3) is 2.21. The van der Waals surface area contributed by atoms with E-state index in [1.165, 1.54) is 0 Å². The smallest absolute Gasteiger partial charge is 0.414 e. The number of rotatable bonds is 3. The molecule has 7 heteroatoms. The molecular formula is C19H16N4O3. The van der Waals surface area contributed by atoms with Crippen LogP contribution >= 0.6 is 0 Å². The molecule has 1 aliphatic rings. The highest BCUT2D eigenvalue weighted by Gasteiger charge is 2.24. The van der Waals surface area contributed by atoms with Crippen LogP contribution < -0.4 is 9.64 Å². The molecule has 0 radical (unpaired) electrons. The number of cyclic esters (lactones) is 1. The van der Waals surface area contributed by atoms with Crippen molar-refractivity contribution in [2.75, 3.05) is 25.2 Å². The number of nitrogens with one attached hydrogen (secondary N) is 2. The first-order valence-electron chi connectivity index (χ1n) is 8.32. The minimum Gasteiger partial charge on any atom is -0.497 e. The molecule has 26 heavy (non-hydrogen) atoms. The molecule has 1 aliphatic heterocycles. The van der Waals surface area contributed by atoms with E-state index in [0.29, 0.717) is 13.2 Å². The molecule has 7 nitrogen and oxygen atoms in total. The molecular weight excluding hydrogens is 332 g/mol. The highest BCUT2D eigenvalue weighted by Crippen LogP contribution is 2.32. The van der Waals surface area contributed by atoms with Crippen molar-refractivity contribution in [1.29, 1.82) is 0 Å². The topological polar surface area (TPSA) is 83.2 Å². The molecule has 0 bridgehead atoms. The third-order valence-corrected chi connectivity index (χ3v) is 4.70. The van der Waals surface area contributed by atoms with Gasteiger partial charge in [0.15, 0.2) is 0 Å². The van der Waals surface area contributed by atoms with Crippen LogP contribution in [0, 0.1) is 0 Å². The summed E-state index contributed by atoms with van der Waals surface area (Å²) in [4.78, 5) is 16.9. The number of hydrogen-bond acceptors (Lipinski definition) is 4. The minimum absolute atomic E-state index is 0.313. The van der Waals surface area contributed by atoms with Crippen LogP contribution in [0.1, 0.15) is 0 Å². The Morgan fingerprint density at radius 3 is 2.85 bits per heavy atom. The molecule has 0 unspecified atom stereocenters. The number of H-pyrrole nitrogens is 2. The highest BCUT2D eigenvalue weighted by atomic mass is 16.6. The number of carbonyl (C=O) groups excluding carboxylic acids is 1. The summed E-state index contributed by atoms with van der Waals surface area (Å²) >= 11 is 0. The zero-order valence-corrected chi connectivity index (χ0v) is 14.1. The van der Waals surface area contributed by atoms with E-state index in [1.807, 2.05) is 42.5 Å². The predicted molar refractivity (Wildman–Crippen MR) is 98.6 cm³/mol. The number of hydrogen-bond donors (Lipinski definition) is 2. The summed E-state index contributed by atoms with van der Waals surface area (Å²) in [6.07, 6.45) is -0.313. The van der Waals surface area contributed by atoms with E-state index < -0.39 is 0 Å². The van der Waals surface area contributed by atoms with E-state index in [-0.39, 0.29) is 6.09 Å². The van der Waals surface area contributed by atoms with Crippen molar-refractivity contribution in [3.63, 3.8) is 0 Å². The van der Waals surface area contributed by atoms with Crippen molar-refractivity contribution in [2.24, 2.45) is 0 Å². The number of aromatic amines is 2. The first-order chi connectivity index (χ1) is 12.7. The fourth-order valence-electron chi connectivity index (χ4n) is 3.37. The van der Waals surface area contributed by atoms with E-state index in [9.17, 15) is 4.79 Å². The van der Waals surface area contributed by atoms with Gasteiger partial charge in [-0.05, 0) is 42.5 Å². The number of amides is 1. The van der Waals surface area contributed by atoms with Gasteiger partial charge in [-0.3, -0.25) is 10.00 Å². The lowest BCUT2D eigenvalue weighted by atomic mass is 10.1. The number of aromatic nitrogens is 3. The monoisotopic (exact) mass is 348 g/mol. The summed E-state index contributed by atoms with van der Waals surface area (Å²) in [5, 5.41) is 9.52. The number of benzene rings is 2. The maximum atomic E-state index is 11.8. The molecule has 2 aromatic heterocycles. The van der Waals surface area contributed by atoms with E-state index >= 15 is 0 Å². The van der Waals surface area contributed by atoms with Gasteiger partial charge in [0.2, 0.25) is 0 Å². The number of methoxy groups -OCH3 is 1. The summed E-state index contributed by atoms with van der Waals surface area (Å²) in [5.74, 6) is 0.810. The highest BCUT2D eigenvalue weighted by molar-refractivity contribution is 5.99. The lowest BCUT2D eigenvalue weighted by Crippen LogP contribution is -2.23. The first kappa shape index (κ1) is 14.8. The van der Waals surface area contributed by atoms with Crippen molar-refractivity contribution in [3.05, 3.63) is 42.5 Å². The van der Waals surface area contributed by atoms with Gasteiger partial charge in [-0.25, -0.2) is 4.79 Å². The Hall–Kier alpha value is -3.48. The van der Waals surface area contributed by atoms with Crippen LogP contribution in [0.4, 0.5) is 10.5 Å². The lowest BCUT2D eigenvalue weighted by Gasteiger charge is -2.12. The molecule has 1 fully saturated rings. The minimum atomic E-state index is -0.313. The molecule has 0 spiro atoms. The van der Waals surface area contributed by atoms with Crippen molar-refractivity contribution in [2.45, 2.75) is 0 Å². The summed E-state index contributed by atoms with van der Waals surface area (Å²) in [6.45, 7) is 0.975. The number of anilines is 1. The van der Waals surface area contributed by atoms with Crippen LogP contribution in [0.25, 0.3) is 33.2 Å². The van der Waals surface area contributed by atoms with Crippen molar-refractivity contribution >= 4 is 33.6 Å². The van der Waals surface area contributed by atoms with Crippen molar-refractivity contribution in [1.82, 2.24) is 15.2 Å². The van der Waals surface area contributed by atoms with E-state index in [1.54, 1.807) is 12.0 Å². The van der Waals surface area contributed by atoms with Crippen molar-refractivity contribution < 1.29 is 14.3 Å². The number of ether oxygens (including phenoxy) is 2. The van der Waals surface area contributed by atoms with Crippen LogP contribution in [0.5, 0.6) is 5.75 Å². The summed E-state index contributed by atoms with van der Waals surface area (Å²) in [6, 6.07) is 13.7. The van der Waals surface area contributed by atoms with E-state index in [2.05, 4.69) is 15.2 Å². The zero-order valence-electron chi connectivity index (χ0n) is 14.1. The lowest BCUT2D eigenvalue weighted by molar-refractivity contribution is 0.181. The molecule has 5 rings (SSSR count). The average Bonchev–Trinajstić information content (AvgIpc) is 3.37. The number of nitrogens with zero attached hydrogens (tertiary/aromatic N) is 2. The Labute approximate surface area is 148 Å². The Morgan fingerprint density at radius 2 is 2.04 bits per heavy atom. The third-order valence-electron chi connectivity index (χ3n) is 4.70. The van der Waals surface area contributed by atoms with Crippen LogP contribution in [0.2, 0.25) is 0 Å². The molecule has 2 N–H and O–H groups in total. The Morgan fingerprint density at radius 1 is 1.15 bits per heavy atom. The van der Waals surface area contributed by atoms with Crippen LogP contribution in [0.3, 0.4) is 0 Å². The predicted octanol–water partition coefficient (Wildman–Crippen LogP) is 3.68. The quantitative estimate of drug-likeness (QED) is 0.592. The maximum absolute atomic E-state index is 11.8. The normalized spacial score (nSPS) is 14.3. The molecule has 4 aromatic rings. The van der Waals surface area contributed by atoms with E-state index in [4.69, 9.17) is 9.47 Å². The van der Waals surface area contributed by atoms with Crippen molar-refractivity contribution in [3.8, 4) is 17.1 Å². The molecule has 130 valence electrons. The Kier molecular flexibility index (Phi) is 3.15. The van der Waals surface area contributed by atoms with Crippen LogP contribution in [-0.2, 0) is 4.74 Å². The Balaban J connectivity index is 1.63. The fraction of sp³-hybridized carbons (Fsp3) is 0.158. The molecule has 0 atom stereocenters.